The van der Waals surface area contributed by atoms with Gasteiger partial charge < -0.3 is 21.1 Å². The molecule has 0 aliphatic heterocycles. The van der Waals surface area contributed by atoms with Gasteiger partial charge >= 0.3 is 0 Å². The SMILES string of the molecule is CCNC(=NCc1cccc(C(N)=O)c1)NCCCOC1CCCCC1. The Morgan fingerprint density at radius 2 is 2.08 bits per heavy atom. The molecule has 0 bridgehead atoms. The first kappa shape index (κ1) is 20.2. The predicted molar refractivity (Wildman–Crippen MR) is 105 cm³/mol. The quantitative estimate of drug-likeness (QED) is 0.359. The molecule has 0 spiro atoms. The second kappa shape index (κ2) is 11.5. The van der Waals surface area contributed by atoms with Gasteiger partial charge in [-0.05, 0) is 43.9 Å². The summed E-state index contributed by atoms with van der Waals surface area (Å²) in [7, 11) is 0. The number of carbonyl (C=O) groups excluding carboxylic acids is 1. The van der Waals surface area contributed by atoms with Crippen molar-refractivity contribution in [3.63, 3.8) is 0 Å². The van der Waals surface area contributed by atoms with Crippen LogP contribution >= 0.6 is 0 Å². The summed E-state index contributed by atoms with van der Waals surface area (Å²) in [4.78, 5) is 15.8. The van der Waals surface area contributed by atoms with E-state index in [1.807, 2.05) is 19.1 Å². The van der Waals surface area contributed by atoms with Crippen molar-refractivity contribution in [2.45, 2.75) is 58.1 Å². The number of primary amides is 1. The van der Waals surface area contributed by atoms with Gasteiger partial charge in [-0.15, -0.1) is 0 Å². The zero-order valence-corrected chi connectivity index (χ0v) is 15.8. The van der Waals surface area contributed by atoms with Crippen LogP contribution in [0.4, 0.5) is 0 Å². The standard InChI is InChI=1S/C20H32N4O2/c1-2-22-20(23-12-7-13-26-18-10-4-3-5-11-18)24-15-16-8-6-9-17(14-16)19(21)25/h6,8-9,14,18H,2-5,7,10-13,15H2,1H3,(H2,21,25)(H2,22,23,24). The van der Waals surface area contributed by atoms with Crippen LogP contribution in [-0.4, -0.2) is 37.7 Å². The number of aliphatic imine (C=N–C) groups is 1. The molecule has 6 nitrogen and oxygen atoms in total. The lowest BCUT2D eigenvalue weighted by molar-refractivity contribution is 0.0277. The third kappa shape index (κ3) is 7.44. The summed E-state index contributed by atoms with van der Waals surface area (Å²) < 4.78 is 5.95. The highest BCUT2D eigenvalue weighted by Crippen LogP contribution is 2.20. The summed E-state index contributed by atoms with van der Waals surface area (Å²) in [5.74, 6) is 0.355. The molecule has 1 aliphatic carbocycles. The third-order valence-corrected chi connectivity index (χ3v) is 4.49. The van der Waals surface area contributed by atoms with Crippen molar-refractivity contribution >= 4 is 11.9 Å². The van der Waals surface area contributed by atoms with Crippen LogP contribution in [0.25, 0.3) is 0 Å². The van der Waals surface area contributed by atoms with E-state index in [2.05, 4.69) is 15.6 Å². The number of nitrogens with one attached hydrogen (secondary N) is 2. The fourth-order valence-electron chi connectivity index (χ4n) is 3.10. The molecule has 1 amide bonds. The molecule has 2 rings (SSSR count). The first-order chi connectivity index (χ1) is 12.7. The molecule has 1 aromatic rings. The zero-order chi connectivity index (χ0) is 18.6. The fraction of sp³-hybridized carbons (Fsp3) is 0.600. The number of hydrogen-bond acceptors (Lipinski definition) is 3. The Kier molecular flexibility index (Phi) is 8.96. The number of nitrogens with zero attached hydrogens (tertiary/aromatic N) is 1. The summed E-state index contributed by atoms with van der Waals surface area (Å²) in [5.41, 5.74) is 6.79. The van der Waals surface area contributed by atoms with Crippen molar-refractivity contribution in [2.75, 3.05) is 19.7 Å². The van der Waals surface area contributed by atoms with Gasteiger partial charge in [0.25, 0.3) is 0 Å². The molecule has 1 saturated carbocycles. The van der Waals surface area contributed by atoms with E-state index in [1.165, 1.54) is 32.1 Å². The molecule has 1 aromatic carbocycles. The van der Waals surface area contributed by atoms with E-state index in [0.29, 0.717) is 18.2 Å². The lowest BCUT2D eigenvalue weighted by Crippen LogP contribution is -2.38. The summed E-state index contributed by atoms with van der Waals surface area (Å²) in [6.45, 7) is 4.94. The van der Waals surface area contributed by atoms with Gasteiger partial charge in [0, 0.05) is 25.3 Å². The average molecular weight is 361 g/mol. The van der Waals surface area contributed by atoms with Gasteiger partial charge in [-0.25, -0.2) is 4.99 Å². The van der Waals surface area contributed by atoms with Crippen molar-refractivity contribution in [3.8, 4) is 0 Å². The monoisotopic (exact) mass is 360 g/mol. The lowest BCUT2D eigenvalue weighted by atomic mass is 9.98. The lowest BCUT2D eigenvalue weighted by Gasteiger charge is -2.22. The molecular formula is C20H32N4O2. The van der Waals surface area contributed by atoms with E-state index in [0.717, 1.165) is 37.6 Å². The van der Waals surface area contributed by atoms with Crippen LogP contribution in [0.1, 0.15) is 61.4 Å². The largest absolute Gasteiger partial charge is 0.378 e. The molecule has 0 atom stereocenters. The van der Waals surface area contributed by atoms with Gasteiger partial charge in [0.15, 0.2) is 5.96 Å². The Morgan fingerprint density at radius 3 is 2.81 bits per heavy atom. The minimum absolute atomic E-state index is 0.418. The molecule has 0 saturated heterocycles. The molecular weight excluding hydrogens is 328 g/mol. The van der Waals surface area contributed by atoms with Crippen molar-refractivity contribution in [3.05, 3.63) is 35.4 Å². The number of hydrogen-bond donors (Lipinski definition) is 3. The van der Waals surface area contributed by atoms with Crippen molar-refractivity contribution in [2.24, 2.45) is 10.7 Å². The molecule has 1 aliphatic rings. The normalized spacial score (nSPS) is 15.7. The smallest absolute Gasteiger partial charge is 0.248 e. The number of ether oxygens (including phenoxy) is 1. The second-order valence-corrected chi connectivity index (χ2v) is 6.67. The molecule has 0 heterocycles. The summed E-state index contributed by atoms with van der Waals surface area (Å²) in [6.07, 6.45) is 7.80. The van der Waals surface area contributed by atoms with Crippen LogP contribution in [0, 0.1) is 0 Å². The van der Waals surface area contributed by atoms with Gasteiger partial charge in [0.2, 0.25) is 5.91 Å². The van der Waals surface area contributed by atoms with Gasteiger partial charge in [-0.1, -0.05) is 31.4 Å². The van der Waals surface area contributed by atoms with Gasteiger partial charge in [-0.2, -0.15) is 0 Å². The van der Waals surface area contributed by atoms with Crippen LogP contribution in [0.3, 0.4) is 0 Å². The van der Waals surface area contributed by atoms with E-state index in [1.54, 1.807) is 12.1 Å². The maximum Gasteiger partial charge on any atom is 0.248 e. The Balaban J connectivity index is 1.73. The van der Waals surface area contributed by atoms with Crippen LogP contribution in [0.5, 0.6) is 0 Å². The average Bonchev–Trinajstić information content (AvgIpc) is 2.66. The highest BCUT2D eigenvalue weighted by Gasteiger charge is 2.12. The number of amides is 1. The van der Waals surface area contributed by atoms with E-state index in [9.17, 15) is 4.79 Å². The van der Waals surface area contributed by atoms with E-state index >= 15 is 0 Å². The zero-order valence-electron chi connectivity index (χ0n) is 15.8. The third-order valence-electron chi connectivity index (χ3n) is 4.49. The molecule has 144 valence electrons. The molecule has 1 fully saturated rings. The molecule has 6 heteroatoms. The summed E-state index contributed by atoms with van der Waals surface area (Å²) in [6, 6.07) is 7.27. The molecule has 26 heavy (non-hydrogen) atoms. The van der Waals surface area contributed by atoms with Crippen LogP contribution in [0.2, 0.25) is 0 Å². The first-order valence-corrected chi connectivity index (χ1v) is 9.71. The number of guanidine groups is 1. The van der Waals surface area contributed by atoms with Crippen LogP contribution in [-0.2, 0) is 11.3 Å². The second-order valence-electron chi connectivity index (χ2n) is 6.67. The van der Waals surface area contributed by atoms with Crippen LogP contribution in [0.15, 0.2) is 29.3 Å². The first-order valence-electron chi connectivity index (χ1n) is 9.71. The van der Waals surface area contributed by atoms with Gasteiger partial charge in [-0.3, -0.25) is 4.79 Å². The number of carbonyl (C=O) groups is 1. The minimum atomic E-state index is -0.418. The van der Waals surface area contributed by atoms with E-state index in [-0.39, 0.29) is 0 Å². The molecule has 0 aromatic heterocycles. The van der Waals surface area contributed by atoms with Crippen LogP contribution < -0.4 is 16.4 Å². The topological polar surface area (TPSA) is 88.7 Å². The van der Waals surface area contributed by atoms with Crippen molar-refractivity contribution < 1.29 is 9.53 Å². The van der Waals surface area contributed by atoms with Gasteiger partial charge in [0.05, 0.1) is 12.6 Å². The minimum Gasteiger partial charge on any atom is -0.378 e. The Morgan fingerprint density at radius 1 is 1.27 bits per heavy atom. The van der Waals surface area contributed by atoms with Gasteiger partial charge in [0.1, 0.15) is 0 Å². The van der Waals surface area contributed by atoms with E-state index in [4.69, 9.17) is 10.5 Å². The fourth-order valence-corrected chi connectivity index (χ4v) is 3.10. The highest BCUT2D eigenvalue weighted by molar-refractivity contribution is 5.92. The molecule has 0 radical (unpaired) electrons. The van der Waals surface area contributed by atoms with E-state index < -0.39 is 5.91 Å². The molecule has 4 N–H and O–H groups in total. The molecule has 0 unspecified atom stereocenters. The Bertz CT molecular complexity index is 583. The number of benzene rings is 1. The Hall–Kier alpha value is -2.08. The number of rotatable bonds is 9. The Labute approximate surface area is 156 Å². The van der Waals surface area contributed by atoms with Crippen molar-refractivity contribution in [1.29, 1.82) is 0 Å². The predicted octanol–water partition coefficient (Wildman–Crippen LogP) is 2.58. The summed E-state index contributed by atoms with van der Waals surface area (Å²) in [5, 5.41) is 6.57. The maximum atomic E-state index is 11.3. The maximum absolute atomic E-state index is 11.3. The van der Waals surface area contributed by atoms with Crippen molar-refractivity contribution in [1.82, 2.24) is 10.6 Å². The highest BCUT2D eigenvalue weighted by atomic mass is 16.5. The summed E-state index contributed by atoms with van der Waals surface area (Å²) >= 11 is 0. The number of nitrogens with two attached hydrogens (primary N) is 1.